The van der Waals surface area contributed by atoms with Crippen molar-refractivity contribution in [3.8, 4) is 0 Å². The maximum absolute atomic E-state index is 5.95. The van der Waals surface area contributed by atoms with E-state index in [0.717, 1.165) is 17.3 Å². The quantitative estimate of drug-likeness (QED) is 0.833. The number of nitrogens with one attached hydrogen (secondary N) is 1. The third-order valence-corrected chi connectivity index (χ3v) is 4.60. The Morgan fingerprint density at radius 1 is 1.39 bits per heavy atom. The van der Waals surface area contributed by atoms with Crippen molar-refractivity contribution in [1.82, 2.24) is 9.88 Å². The van der Waals surface area contributed by atoms with Gasteiger partial charge in [0.1, 0.15) is 5.15 Å². The van der Waals surface area contributed by atoms with E-state index in [4.69, 9.17) is 11.6 Å². The summed E-state index contributed by atoms with van der Waals surface area (Å²) in [6, 6.07) is 3.49. The normalized spacial score (nSPS) is 28.1. The van der Waals surface area contributed by atoms with Gasteiger partial charge in [-0.25, -0.2) is 4.98 Å². The lowest BCUT2D eigenvalue weighted by Crippen LogP contribution is -2.42. The summed E-state index contributed by atoms with van der Waals surface area (Å²) in [6.07, 6.45) is 7.09. The highest BCUT2D eigenvalue weighted by atomic mass is 35.5. The minimum absolute atomic E-state index is 0.590. The Bertz CT molecular complexity index is 435. The Balaban J connectivity index is 1.64. The number of hydrogen-bond acceptors (Lipinski definition) is 3. The molecule has 0 aliphatic carbocycles. The van der Waals surface area contributed by atoms with E-state index in [2.05, 4.69) is 21.3 Å². The molecule has 0 saturated carbocycles. The van der Waals surface area contributed by atoms with Gasteiger partial charge in [0.25, 0.3) is 0 Å². The number of halogens is 1. The largest absolute Gasteiger partial charge is 0.381 e. The van der Waals surface area contributed by atoms with Crippen molar-refractivity contribution in [2.24, 2.45) is 0 Å². The summed E-state index contributed by atoms with van der Waals surface area (Å²) in [7, 11) is 0. The standard InChI is InChI=1S/C14H20ClN3/c1-10-7-12(9-16-14(10)15)17-11-4-6-18-5-2-3-13(18)8-11/h7,9,11,13,17H,2-6,8H2,1H3. The Morgan fingerprint density at radius 2 is 2.28 bits per heavy atom. The van der Waals surface area contributed by atoms with E-state index >= 15 is 0 Å². The predicted octanol–water partition coefficient (Wildman–Crippen LogP) is 3.08. The number of hydrogen-bond donors (Lipinski definition) is 1. The van der Waals surface area contributed by atoms with Crippen molar-refractivity contribution in [3.63, 3.8) is 0 Å². The number of piperidine rings is 1. The van der Waals surface area contributed by atoms with Crippen LogP contribution in [0.3, 0.4) is 0 Å². The minimum Gasteiger partial charge on any atom is -0.381 e. The first-order valence-corrected chi connectivity index (χ1v) is 7.23. The van der Waals surface area contributed by atoms with Crippen molar-refractivity contribution in [3.05, 3.63) is 23.0 Å². The summed E-state index contributed by atoms with van der Waals surface area (Å²) >= 11 is 5.95. The van der Waals surface area contributed by atoms with Crippen molar-refractivity contribution >= 4 is 17.3 Å². The Labute approximate surface area is 114 Å². The van der Waals surface area contributed by atoms with E-state index in [0.29, 0.717) is 11.2 Å². The molecule has 0 spiro atoms. The van der Waals surface area contributed by atoms with Crippen LogP contribution in [0.2, 0.25) is 5.15 Å². The Morgan fingerprint density at radius 3 is 3.11 bits per heavy atom. The van der Waals surface area contributed by atoms with Gasteiger partial charge in [-0.15, -0.1) is 0 Å². The average molecular weight is 266 g/mol. The Kier molecular flexibility index (Phi) is 3.44. The molecule has 3 rings (SSSR count). The molecule has 0 aromatic carbocycles. The lowest BCUT2D eigenvalue weighted by molar-refractivity contribution is 0.188. The average Bonchev–Trinajstić information content (AvgIpc) is 2.81. The molecule has 1 aromatic heterocycles. The lowest BCUT2D eigenvalue weighted by Gasteiger charge is -2.35. The summed E-state index contributed by atoms with van der Waals surface area (Å²) < 4.78 is 0. The highest BCUT2D eigenvalue weighted by Gasteiger charge is 2.31. The van der Waals surface area contributed by atoms with Crippen LogP contribution in [0, 0.1) is 6.92 Å². The molecule has 2 fully saturated rings. The fraction of sp³-hybridized carbons (Fsp3) is 0.643. The molecule has 18 heavy (non-hydrogen) atoms. The summed E-state index contributed by atoms with van der Waals surface area (Å²) in [5, 5.41) is 4.22. The van der Waals surface area contributed by atoms with Crippen LogP contribution in [0.1, 0.15) is 31.2 Å². The molecule has 2 atom stereocenters. The molecule has 0 amide bonds. The molecule has 1 N–H and O–H groups in total. The van der Waals surface area contributed by atoms with Gasteiger partial charge in [-0.2, -0.15) is 0 Å². The second kappa shape index (κ2) is 5.06. The molecule has 98 valence electrons. The number of aryl methyl sites for hydroxylation is 1. The smallest absolute Gasteiger partial charge is 0.132 e. The van der Waals surface area contributed by atoms with E-state index in [1.165, 1.54) is 38.8 Å². The first-order valence-electron chi connectivity index (χ1n) is 6.85. The van der Waals surface area contributed by atoms with Crippen LogP contribution in [-0.4, -0.2) is 35.1 Å². The van der Waals surface area contributed by atoms with Crippen LogP contribution in [0.25, 0.3) is 0 Å². The number of aromatic nitrogens is 1. The molecular formula is C14H20ClN3. The van der Waals surface area contributed by atoms with Crippen LogP contribution < -0.4 is 5.32 Å². The van der Waals surface area contributed by atoms with Crippen LogP contribution in [0.4, 0.5) is 5.69 Å². The van der Waals surface area contributed by atoms with Gasteiger partial charge in [-0.1, -0.05) is 11.6 Å². The topological polar surface area (TPSA) is 28.2 Å². The van der Waals surface area contributed by atoms with Crippen LogP contribution in [0.5, 0.6) is 0 Å². The molecule has 1 aromatic rings. The number of rotatable bonds is 2. The molecule has 3 heterocycles. The summed E-state index contributed by atoms with van der Waals surface area (Å²) in [4.78, 5) is 6.85. The molecule has 0 bridgehead atoms. The monoisotopic (exact) mass is 265 g/mol. The van der Waals surface area contributed by atoms with E-state index in [-0.39, 0.29) is 0 Å². The van der Waals surface area contributed by atoms with Crippen LogP contribution in [-0.2, 0) is 0 Å². The second-order valence-electron chi connectivity index (χ2n) is 5.53. The van der Waals surface area contributed by atoms with Crippen molar-refractivity contribution in [1.29, 1.82) is 0 Å². The first kappa shape index (κ1) is 12.2. The van der Waals surface area contributed by atoms with E-state index in [1.54, 1.807) is 0 Å². The van der Waals surface area contributed by atoms with Gasteiger partial charge < -0.3 is 10.2 Å². The van der Waals surface area contributed by atoms with Gasteiger partial charge >= 0.3 is 0 Å². The van der Waals surface area contributed by atoms with Crippen LogP contribution >= 0.6 is 11.6 Å². The summed E-state index contributed by atoms with van der Waals surface area (Å²) in [5.41, 5.74) is 2.15. The third kappa shape index (κ3) is 2.47. The molecule has 2 saturated heterocycles. The van der Waals surface area contributed by atoms with Gasteiger partial charge in [0.2, 0.25) is 0 Å². The zero-order valence-electron chi connectivity index (χ0n) is 10.8. The zero-order chi connectivity index (χ0) is 12.5. The summed E-state index contributed by atoms with van der Waals surface area (Å²) in [5.74, 6) is 0. The molecule has 2 unspecified atom stereocenters. The van der Waals surface area contributed by atoms with Crippen LogP contribution in [0.15, 0.2) is 12.3 Å². The molecule has 3 nitrogen and oxygen atoms in total. The fourth-order valence-electron chi connectivity index (χ4n) is 3.23. The van der Waals surface area contributed by atoms with Gasteiger partial charge in [0, 0.05) is 18.6 Å². The number of pyridine rings is 1. The van der Waals surface area contributed by atoms with Crippen molar-refractivity contribution in [2.45, 2.75) is 44.7 Å². The Hall–Kier alpha value is -0.800. The zero-order valence-corrected chi connectivity index (χ0v) is 11.6. The fourth-order valence-corrected chi connectivity index (χ4v) is 3.33. The number of fused-ring (bicyclic) bond motifs is 1. The first-order chi connectivity index (χ1) is 8.72. The minimum atomic E-state index is 0.590. The van der Waals surface area contributed by atoms with Crippen molar-refractivity contribution < 1.29 is 0 Å². The number of anilines is 1. The maximum Gasteiger partial charge on any atom is 0.132 e. The van der Waals surface area contributed by atoms with Gasteiger partial charge in [-0.3, -0.25) is 0 Å². The van der Waals surface area contributed by atoms with Gasteiger partial charge in [0.15, 0.2) is 0 Å². The van der Waals surface area contributed by atoms with E-state index < -0.39 is 0 Å². The lowest BCUT2D eigenvalue weighted by atomic mass is 9.97. The molecule has 4 heteroatoms. The highest BCUT2D eigenvalue weighted by Crippen LogP contribution is 2.28. The van der Waals surface area contributed by atoms with Gasteiger partial charge in [0.05, 0.1) is 11.9 Å². The number of nitrogens with zero attached hydrogens (tertiary/aromatic N) is 2. The SMILES string of the molecule is Cc1cc(NC2CCN3CCCC3C2)cnc1Cl. The molecular weight excluding hydrogens is 246 g/mol. The molecule has 0 radical (unpaired) electrons. The van der Waals surface area contributed by atoms with Crippen molar-refractivity contribution in [2.75, 3.05) is 18.4 Å². The molecule has 2 aliphatic rings. The maximum atomic E-state index is 5.95. The van der Waals surface area contributed by atoms with E-state index in [9.17, 15) is 0 Å². The third-order valence-electron chi connectivity index (χ3n) is 4.21. The second-order valence-corrected chi connectivity index (χ2v) is 5.89. The van der Waals surface area contributed by atoms with E-state index in [1.807, 2.05) is 13.1 Å². The van der Waals surface area contributed by atoms with Gasteiger partial charge in [-0.05, 0) is 50.8 Å². The predicted molar refractivity (Wildman–Crippen MR) is 75.2 cm³/mol. The molecule has 2 aliphatic heterocycles. The summed E-state index contributed by atoms with van der Waals surface area (Å²) in [6.45, 7) is 4.54. The highest BCUT2D eigenvalue weighted by molar-refractivity contribution is 6.30.